The van der Waals surface area contributed by atoms with Gasteiger partial charge in [-0.3, -0.25) is 4.79 Å². The zero-order chi connectivity index (χ0) is 15.1. The van der Waals surface area contributed by atoms with Crippen molar-refractivity contribution in [2.24, 2.45) is 5.92 Å². The third-order valence-electron chi connectivity index (χ3n) is 3.49. The van der Waals surface area contributed by atoms with Crippen molar-refractivity contribution in [2.75, 3.05) is 0 Å². The molecule has 0 spiro atoms. The molecule has 0 saturated carbocycles. The Morgan fingerprint density at radius 2 is 2.10 bits per heavy atom. The third-order valence-corrected chi connectivity index (χ3v) is 3.49. The van der Waals surface area contributed by atoms with E-state index in [1.165, 1.54) is 17.0 Å². The van der Waals surface area contributed by atoms with Crippen LogP contribution in [0.2, 0.25) is 0 Å². The molecule has 0 bridgehead atoms. The highest BCUT2D eigenvalue weighted by molar-refractivity contribution is 5.80. The van der Waals surface area contributed by atoms with Gasteiger partial charge in [0.05, 0.1) is 17.1 Å². The highest BCUT2D eigenvalue weighted by Crippen LogP contribution is 2.18. The number of hydrogen-bond acceptors (Lipinski definition) is 4. The Kier molecular flexibility index (Phi) is 2.97. The third kappa shape index (κ3) is 1.97. The van der Waals surface area contributed by atoms with Gasteiger partial charge in [-0.05, 0) is 12.0 Å². The van der Waals surface area contributed by atoms with Crippen LogP contribution in [-0.4, -0.2) is 30.2 Å². The normalized spacial score (nSPS) is 13.1. The van der Waals surface area contributed by atoms with E-state index in [0.717, 1.165) is 0 Å². The molecule has 3 rings (SSSR count). The number of carboxylic acids is 1. The summed E-state index contributed by atoms with van der Waals surface area (Å²) in [6.45, 7) is 3.54. The van der Waals surface area contributed by atoms with Crippen molar-refractivity contribution in [3.8, 4) is 0 Å². The van der Waals surface area contributed by atoms with E-state index >= 15 is 0 Å². The lowest BCUT2D eigenvalue weighted by atomic mass is 10.0. The van der Waals surface area contributed by atoms with Crippen LogP contribution in [0.15, 0.2) is 35.5 Å². The molecular formula is C14H14N4O3. The molecule has 0 aromatic carbocycles. The Balaban J connectivity index is 2.32. The maximum absolute atomic E-state index is 12.6. The summed E-state index contributed by atoms with van der Waals surface area (Å²) in [6.07, 6.45) is 4.57. The first-order chi connectivity index (χ1) is 10.0. The summed E-state index contributed by atoms with van der Waals surface area (Å²) in [7, 11) is 0. The van der Waals surface area contributed by atoms with Gasteiger partial charge in [0.25, 0.3) is 5.56 Å². The molecule has 7 heteroatoms. The number of nitrogens with zero attached hydrogens (tertiary/aromatic N) is 4. The Labute approximate surface area is 119 Å². The van der Waals surface area contributed by atoms with E-state index in [-0.39, 0.29) is 11.5 Å². The molecule has 0 unspecified atom stereocenters. The number of fused-ring (bicyclic) bond motifs is 3. The predicted octanol–water partition coefficient (Wildman–Crippen LogP) is 1.33. The number of pyridine rings is 1. The molecule has 7 nitrogen and oxygen atoms in total. The summed E-state index contributed by atoms with van der Waals surface area (Å²) >= 11 is 0. The van der Waals surface area contributed by atoms with Crippen molar-refractivity contribution >= 4 is 22.5 Å². The molecule has 0 saturated heterocycles. The van der Waals surface area contributed by atoms with Crippen LogP contribution >= 0.6 is 0 Å². The van der Waals surface area contributed by atoms with E-state index in [2.05, 4.69) is 10.1 Å². The zero-order valence-electron chi connectivity index (χ0n) is 11.6. The van der Waals surface area contributed by atoms with Crippen molar-refractivity contribution in [2.45, 2.75) is 19.9 Å². The van der Waals surface area contributed by atoms with E-state index < -0.39 is 12.0 Å². The van der Waals surface area contributed by atoms with E-state index in [1.807, 2.05) is 0 Å². The highest BCUT2D eigenvalue weighted by Gasteiger charge is 2.25. The summed E-state index contributed by atoms with van der Waals surface area (Å²) in [4.78, 5) is 28.1. The quantitative estimate of drug-likeness (QED) is 0.784. The molecule has 3 aromatic heterocycles. The summed E-state index contributed by atoms with van der Waals surface area (Å²) in [6, 6.07) is 2.52. The van der Waals surface area contributed by atoms with Crippen LogP contribution in [0.4, 0.5) is 0 Å². The smallest absolute Gasteiger partial charge is 0.327 e. The molecular weight excluding hydrogens is 272 g/mol. The van der Waals surface area contributed by atoms with E-state index in [4.69, 9.17) is 0 Å². The van der Waals surface area contributed by atoms with Crippen LogP contribution < -0.4 is 5.56 Å². The number of carbonyl (C=O) groups is 1. The van der Waals surface area contributed by atoms with Crippen molar-refractivity contribution in [3.63, 3.8) is 0 Å². The van der Waals surface area contributed by atoms with E-state index in [0.29, 0.717) is 16.6 Å². The molecule has 3 heterocycles. The second-order valence-electron chi connectivity index (χ2n) is 5.21. The number of rotatable bonds is 3. The fourth-order valence-electron chi connectivity index (χ4n) is 2.52. The highest BCUT2D eigenvalue weighted by atomic mass is 16.4. The zero-order valence-corrected chi connectivity index (χ0v) is 11.6. The topological polar surface area (TPSA) is 89.5 Å². The first-order valence-electron chi connectivity index (χ1n) is 6.57. The van der Waals surface area contributed by atoms with Gasteiger partial charge in [0.2, 0.25) is 0 Å². The Morgan fingerprint density at radius 1 is 1.33 bits per heavy atom. The van der Waals surface area contributed by atoms with Crippen LogP contribution in [0.5, 0.6) is 0 Å². The van der Waals surface area contributed by atoms with Gasteiger partial charge >= 0.3 is 5.97 Å². The minimum Gasteiger partial charge on any atom is -0.480 e. The standard InChI is InChI=1S/C14H14N4O3/c1-8(2)12(14(20)21)17-6-4-10-9(13(17)19)7-15-11-3-5-16-18(10)11/h3-8,12H,1-2H3,(H,20,21)/t12-/m0/s1. The average Bonchev–Trinajstić information content (AvgIpc) is 2.89. The average molecular weight is 286 g/mol. The van der Waals surface area contributed by atoms with Gasteiger partial charge in [-0.2, -0.15) is 5.10 Å². The number of carboxylic acid groups (broad SMARTS) is 1. The van der Waals surface area contributed by atoms with Gasteiger partial charge in [0.1, 0.15) is 6.04 Å². The lowest BCUT2D eigenvalue weighted by Gasteiger charge is -2.19. The molecule has 21 heavy (non-hydrogen) atoms. The second-order valence-corrected chi connectivity index (χ2v) is 5.21. The van der Waals surface area contributed by atoms with Crippen molar-refractivity contribution in [3.05, 3.63) is 41.1 Å². The maximum atomic E-state index is 12.6. The molecule has 3 aromatic rings. The second kappa shape index (κ2) is 4.69. The van der Waals surface area contributed by atoms with E-state index in [1.54, 1.807) is 36.7 Å². The Morgan fingerprint density at radius 3 is 2.76 bits per heavy atom. The lowest BCUT2D eigenvalue weighted by molar-refractivity contribution is -0.142. The lowest BCUT2D eigenvalue weighted by Crippen LogP contribution is -2.33. The fraction of sp³-hybridized carbons (Fsp3) is 0.286. The maximum Gasteiger partial charge on any atom is 0.327 e. The SMILES string of the molecule is CC(C)[C@@H](C(=O)O)n1ccc2c(cnc3ccnn32)c1=O. The van der Waals surface area contributed by atoms with Crippen molar-refractivity contribution < 1.29 is 9.90 Å². The van der Waals surface area contributed by atoms with Crippen molar-refractivity contribution in [1.82, 2.24) is 19.2 Å². The molecule has 0 aliphatic rings. The number of aromatic nitrogens is 4. The summed E-state index contributed by atoms with van der Waals surface area (Å²) in [5.74, 6) is -1.24. The minimum absolute atomic E-state index is 0.209. The fourth-order valence-corrected chi connectivity index (χ4v) is 2.52. The van der Waals surface area contributed by atoms with Crippen LogP contribution in [0.25, 0.3) is 16.6 Å². The van der Waals surface area contributed by atoms with Crippen LogP contribution in [0.1, 0.15) is 19.9 Å². The summed E-state index contributed by atoms with van der Waals surface area (Å²) < 4.78 is 2.80. The van der Waals surface area contributed by atoms with Crippen LogP contribution in [0, 0.1) is 5.92 Å². The molecule has 1 N–H and O–H groups in total. The molecule has 0 fully saturated rings. The number of hydrogen-bond donors (Lipinski definition) is 1. The van der Waals surface area contributed by atoms with Crippen LogP contribution in [0.3, 0.4) is 0 Å². The van der Waals surface area contributed by atoms with Gasteiger partial charge in [-0.15, -0.1) is 0 Å². The van der Waals surface area contributed by atoms with Gasteiger partial charge in [0.15, 0.2) is 5.65 Å². The van der Waals surface area contributed by atoms with Gasteiger partial charge in [-0.1, -0.05) is 13.8 Å². The summed E-state index contributed by atoms with van der Waals surface area (Å²) in [5, 5.41) is 13.8. The molecule has 1 atom stereocenters. The number of aliphatic carboxylic acids is 1. The van der Waals surface area contributed by atoms with Crippen molar-refractivity contribution in [1.29, 1.82) is 0 Å². The first kappa shape index (κ1) is 13.3. The molecule has 0 amide bonds. The monoisotopic (exact) mass is 286 g/mol. The Hall–Kier alpha value is -2.70. The minimum atomic E-state index is -1.03. The Bertz CT molecular complexity index is 894. The molecule has 0 aliphatic carbocycles. The largest absolute Gasteiger partial charge is 0.480 e. The van der Waals surface area contributed by atoms with Gasteiger partial charge in [-0.25, -0.2) is 14.3 Å². The summed E-state index contributed by atoms with van der Waals surface area (Å²) in [5.41, 5.74) is 0.871. The molecule has 0 radical (unpaired) electrons. The first-order valence-corrected chi connectivity index (χ1v) is 6.57. The van der Waals surface area contributed by atoms with E-state index in [9.17, 15) is 14.7 Å². The van der Waals surface area contributed by atoms with Gasteiger partial charge < -0.3 is 9.67 Å². The van der Waals surface area contributed by atoms with Crippen LogP contribution in [-0.2, 0) is 4.79 Å². The predicted molar refractivity (Wildman–Crippen MR) is 76.3 cm³/mol. The molecule has 0 aliphatic heterocycles. The molecule has 108 valence electrons. The van der Waals surface area contributed by atoms with Gasteiger partial charge in [0, 0.05) is 18.5 Å².